The Morgan fingerprint density at radius 3 is 2.94 bits per heavy atom. The number of H-pyrrole nitrogens is 1. The van der Waals surface area contributed by atoms with Crippen LogP contribution in [0.4, 0.5) is 8.78 Å². The summed E-state index contributed by atoms with van der Waals surface area (Å²) in [5.74, 6) is -1.01. The summed E-state index contributed by atoms with van der Waals surface area (Å²) in [5.41, 5.74) is 2.54. The third-order valence-corrected chi connectivity index (χ3v) is 3.53. The summed E-state index contributed by atoms with van der Waals surface area (Å²) in [6.45, 7) is 4.81. The highest BCUT2D eigenvalue weighted by molar-refractivity contribution is 5.85. The van der Waals surface area contributed by atoms with Gasteiger partial charge in [-0.25, -0.2) is 8.78 Å². The number of nitrogens with one attached hydrogen (secondary N) is 1. The van der Waals surface area contributed by atoms with Gasteiger partial charge in [0, 0.05) is 36.7 Å². The van der Waals surface area contributed by atoms with Crippen LogP contribution in [0.3, 0.4) is 0 Å². The highest BCUT2D eigenvalue weighted by atomic mass is 19.1. The molecule has 0 saturated heterocycles. The van der Waals surface area contributed by atoms with Gasteiger partial charge < -0.3 is 4.98 Å². The van der Waals surface area contributed by atoms with Crippen molar-refractivity contribution in [2.45, 2.75) is 19.9 Å². The first kappa shape index (κ1) is 10.7. The van der Waals surface area contributed by atoms with E-state index in [9.17, 15) is 8.78 Å². The molecule has 2 heterocycles. The van der Waals surface area contributed by atoms with Gasteiger partial charge >= 0.3 is 0 Å². The summed E-state index contributed by atoms with van der Waals surface area (Å²) in [6.07, 6.45) is 0.874. The number of hydrogen-bond acceptors (Lipinski definition) is 1. The monoisotopic (exact) mass is 236 g/mol. The van der Waals surface area contributed by atoms with Gasteiger partial charge in [-0.2, -0.15) is 0 Å². The number of aromatic amines is 1. The first-order valence-electron chi connectivity index (χ1n) is 5.90. The van der Waals surface area contributed by atoms with Gasteiger partial charge in [0.2, 0.25) is 0 Å². The van der Waals surface area contributed by atoms with E-state index in [2.05, 4.69) is 16.8 Å². The summed E-state index contributed by atoms with van der Waals surface area (Å²) in [5, 5.41) is 0.690. The number of nitrogens with zero attached hydrogens (tertiary/aromatic N) is 1. The first-order valence-corrected chi connectivity index (χ1v) is 5.90. The van der Waals surface area contributed by atoms with E-state index in [4.69, 9.17) is 0 Å². The zero-order chi connectivity index (χ0) is 12.0. The standard InChI is InChI=1S/C13H14F2N2/c1-2-17-4-3-12-10(7-17)9-5-8(14)6-11(15)13(9)16-12/h5-6,16H,2-4,7H2,1H3. The molecular formula is C13H14F2N2. The second-order valence-corrected chi connectivity index (χ2v) is 4.51. The summed E-state index contributed by atoms with van der Waals surface area (Å²) in [4.78, 5) is 5.36. The highest BCUT2D eigenvalue weighted by Gasteiger charge is 2.21. The van der Waals surface area contributed by atoms with E-state index in [1.54, 1.807) is 0 Å². The maximum atomic E-state index is 13.6. The zero-order valence-electron chi connectivity index (χ0n) is 9.69. The van der Waals surface area contributed by atoms with Gasteiger partial charge in [0.25, 0.3) is 0 Å². The third-order valence-electron chi connectivity index (χ3n) is 3.53. The van der Waals surface area contributed by atoms with Gasteiger partial charge in [-0.1, -0.05) is 6.92 Å². The Morgan fingerprint density at radius 2 is 2.18 bits per heavy atom. The fourth-order valence-corrected chi connectivity index (χ4v) is 2.56. The quantitative estimate of drug-likeness (QED) is 0.806. The van der Waals surface area contributed by atoms with Crippen LogP contribution in [-0.4, -0.2) is 23.0 Å². The van der Waals surface area contributed by atoms with Crippen molar-refractivity contribution in [1.29, 1.82) is 0 Å². The molecule has 1 aromatic heterocycles. The number of rotatable bonds is 1. The molecule has 1 aromatic carbocycles. The smallest absolute Gasteiger partial charge is 0.150 e. The molecular weight excluding hydrogens is 222 g/mol. The van der Waals surface area contributed by atoms with Crippen LogP contribution in [0.1, 0.15) is 18.2 Å². The lowest BCUT2D eigenvalue weighted by molar-refractivity contribution is 0.268. The third kappa shape index (κ3) is 1.63. The molecule has 0 aliphatic carbocycles. The first-order chi connectivity index (χ1) is 8.19. The average molecular weight is 236 g/mol. The minimum atomic E-state index is -0.509. The van der Waals surface area contributed by atoms with Crippen LogP contribution in [0.15, 0.2) is 12.1 Å². The van der Waals surface area contributed by atoms with Gasteiger partial charge in [0.1, 0.15) is 11.6 Å². The second kappa shape index (κ2) is 3.81. The van der Waals surface area contributed by atoms with Crippen molar-refractivity contribution in [3.8, 4) is 0 Å². The van der Waals surface area contributed by atoms with Gasteiger partial charge in [-0.05, 0) is 18.2 Å². The number of likely N-dealkylation sites (N-methyl/N-ethyl adjacent to an activating group) is 1. The largest absolute Gasteiger partial charge is 0.356 e. The van der Waals surface area contributed by atoms with Crippen molar-refractivity contribution in [3.05, 3.63) is 35.0 Å². The van der Waals surface area contributed by atoms with Crippen LogP contribution in [0.5, 0.6) is 0 Å². The van der Waals surface area contributed by atoms with E-state index >= 15 is 0 Å². The summed E-state index contributed by atoms with van der Waals surface area (Å²) in [6, 6.07) is 2.36. The maximum absolute atomic E-state index is 13.6. The summed E-state index contributed by atoms with van der Waals surface area (Å²) in [7, 11) is 0. The fourth-order valence-electron chi connectivity index (χ4n) is 2.56. The fraction of sp³-hybridized carbons (Fsp3) is 0.385. The van der Waals surface area contributed by atoms with Crippen molar-refractivity contribution in [2.75, 3.05) is 13.1 Å². The molecule has 2 aromatic rings. The van der Waals surface area contributed by atoms with Crippen LogP contribution < -0.4 is 0 Å². The van der Waals surface area contributed by atoms with Crippen molar-refractivity contribution in [1.82, 2.24) is 9.88 Å². The number of hydrogen-bond donors (Lipinski definition) is 1. The Morgan fingerprint density at radius 1 is 1.35 bits per heavy atom. The van der Waals surface area contributed by atoms with E-state index in [1.807, 2.05) is 0 Å². The average Bonchev–Trinajstić information content (AvgIpc) is 2.67. The van der Waals surface area contributed by atoms with Gasteiger partial charge in [-0.15, -0.1) is 0 Å². The van der Waals surface area contributed by atoms with Gasteiger partial charge in [0.15, 0.2) is 0 Å². The van der Waals surface area contributed by atoms with E-state index in [0.29, 0.717) is 10.9 Å². The number of aromatic nitrogens is 1. The summed E-state index contributed by atoms with van der Waals surface area (Å²) >= 11 is 0. The number of benzene rings is 1. The van der Waals surface area contributed by atoms with Crippen LogP contribution in [0, 0.1) is 11.6 Å². The van der Waals surface area contributed by atoms with Crippen LogP contribution >= 0.6 is 0 Å². The Kier molecular flexibility index (Phi) is 2.40. The van der Waals surface area contributed by atoms with E-state index in [0.717, 1.165) is 43.4 Å². The van der Waals surface area contributed by atoms with E-state index in [1.165, 1.54) is 6.07 Å². The molecule has 0 unspecified atom stereocenters. The lowest BCUT2D eigenvalue weighted by Crippen LogP contribution is -2.29. The lowest BCUT2D eigenvalue weighted by Gasteiger charge is -2.25. The molecule has 1 aliphatic rings. The van der Waals surface area contributed by atoms with Crippen molar-refractivity contribution >= 4 is 10.9 Å². The molecule has 0 fully saturated rings. The van der Waals surface area contributed by atoms with Crippen molar-refractivity contribution in [3.63, 3.8) is 0 Å². The van der Waals surface area contributed by atoms with Crippen LogP contribution in [-0.2, 0) is 13.0 Å². The molecule has 90 valence electrons. The Balaban J connectivity index is 2.20. The molecule has 0 spiro atoms. The minimum absolute atomic E-state index is 0.439. The Hall–Kier alpha value is -1.42. The molecule has 0 saturated carbocycles. The molecule has 17 heavy (non-hydrogen) atoms. The topological polar surface area (TPSA) is 19.0 Å². The molecule has 0 radical (unpaired) electrons. The van der Waals surface area contributed by atoms with E-state index in [-0.39, 0.29) is 0 Å². The Labute approximate surface area is 98.2 Å². The molecule has 3 rings (SSSR count). The van der Waals surface area contributed by atoms with Crippen LogP contribution in [0.2, 0.25) is 0 Å². The van der Waals surface area contributed by atoms with Crippen molar-refractivity contribution in [2.24, 2.45) is 0 Å². The van der Waals surface area contributed by atoms with Crippen molar-refractivity contribution < 1.29 is 8.78 Å². The Bertz CT molecular complexity index is 574. The normalized spacial score (nSPS) is 16.4. The molecule has 0 atom stereocenters. The number of halogens is 2. The summed E-state index contributed by atoms with van der Waals surface area (Å²) < 4.78 is 26.9. The predicted octanol–water partition coefficient (Wildman–Crippen LogP) is 2.82. The zero-order valence-corrected chi connectivity index (χ0v) is 9.69. The molecule has 2 nitrogen and oxygen atoms in total. The molecule has 0 bridgehead atoms. The molecule has 0 amide bonds. The van der Waals surface area contributed by atoms with Gasteiger partial charge in [0.05, 0.1) is 5.52 Å². The lowest BCUT2D eigenvalue weighted by atomic mass is 10.0. The highest BCUT2D eigenvalue weighted by Crippen LogP contribution is 2.29. The molecule has 4 heteroatoms. The predicted molar refractivity (Wildman–Crippen MR) is 62.9 cm³/mol. The minimum Gasteiger partial charge on any atom is -0.356 e. The van der Waals surface area contributed by atoms with Crippen LogP contribution in [0.25, 0.3) is 10.9 Å². The molecule has 1 aliphatic heterocycles. The second-order valence-electron chi connectivity index (χ2n) is 4.51. The SMILES string of the molecule is CCN1CCc2[nH]c3c(F)cc(F)cc3c2C1. The van der Waals surface area contributed by atoms with E-state index < -0.39 is 11.6 Å². The maximum Gasteiger partial charge on any atom is 0.150 e. The number of fused-ring (bicyclic) bond motifs is 3. The van der Waals surface area contributed by atoms with Gasteiger partial charge in [-0.3, -0.25) is 4.90 Å². The molecule has 1 N–H and O–H groups in total.